The Morgan fingerprint density at radius 1 is 0.643 bits per heavy atom. The third-order valence-corrected chi connectivity index (χ3v) is 7.24. The Morgan fingerprint density at radius 3 is 1.71 bits per heavy atom. The van der Waals surface area contributed by atoms with E-state index in [1.807, 2.05) is 36.4 Å². The minimum absolute atomic E-state index is 0.252. The summed E-state index contributed by atoms with van der Waals surface area (Å²) in [5, 5.41) is 0. The van der Waals surface area contributed by atoms with E-state index in [1.54, 1.807) is 47.7 Å². The first kappa shape index (κ1) is 32.2. The van der Waals surface area contributed by atoms with Gasteiger partial charge in [-0.25, -0.2) is 0 Å². The fourth-order valence-electron chi connectivity index (χ4n) is 4.43. The highest BCUT2D eigenvalue weighted by atomic mass is 79.9. The van der Waals surface area contributed by atoms with Gasteiger partial charge in [0.15, 0.2) is 40.3 Å². The summed E-state index contributed by atoms with van der Waals surface area (Å²) >= 11 is 3.47. The van der Waals surface area contributed by atoms with E-state index < -0.39 is 0 Å². The molecule has 0 N–H and O–H groups in total. The molecule has 0 fully saturated rings. The quantitative estimate of drug-likeness (QED) is 0.109. The number of allylic oxidation sites excluding steroid dienone is 2. The summed E-state index contributed by atoms with van der Waals surface area (Å²) in [5.41, 5.74) is 2.89. The van der Waals surface area contributed by atoms with Crippen molar-refractivity contribution in [3.63, 3.8) is 0 Å². The van der Waals surface area contributed by atoms with Gasteiger partial charge in [-0.15, -0.1) is 0 Å². The molecular weight excluding hydrogens is 608 g/mol. The van der Waals surface area contributed by atoms with Crippen LogP contribution in [0.15, 0.2) is 47.0 Å². The first-order valence-electron chi connectivity index (χ1n) is 12.7. The summed E-state index contributed by atoms with van der Waals surface area (Å²) in [6, 6.07) is 9.07. The number of rotatable bonds is 14. The molecule has 0 amide bonds. The predicted molar refractivity (Wildman–Crippen MR) is 166 cm³/mol. The molecule has 224 valence electrons. The zero-order chi connectivity index (χ0) is 30.8. The summed E-state index contributed by atoms with van der Waals surface area (Å²) in [5.74, 6) is 3.62. The lowest BCUT2D eigenvalue weighted by atomic mass is 10.00. The highest BCUT2D eigenvalue weighted by molar-refractivity contribution is 9.10. The largest absolute Gasteiger partial charge is 0.493 e. The molecule has 0 radical (unpaired) electrons. The van der Waals surface area contributed by atoms with E-state index in [9.17, 15) is 4.79 Å². The van der Waals surface area contributed by atoms with Gasteiger partial charge in [-0.1, -0.05) is 24.3 Å². The number of ether oxygens (including phenoxy) is 8. The molecule has 3 aromatic rings. The lowest BCUT2D eigenvalue weighted by molar-refractivity contribution is 0.104. The number of carbonyl (C=O) groups excluding carboxylic acids is 1. The number of ketones is 1. The van der Waals surface area contributed by atoms with Crippen LogP contribution < -0.4 is 37.9 Å². The Bertz CT molecular complexity index is 1450. The van der Waals surface area contributed by atoms with Gasteiger partial charge in [0, 0.05) is 11.1 Å². The van der Waals surface area contributed by atoms with Crippen LogP contribution in [0.2, 0.25) is 0 Å². The normalized spacial score (nSPS) is 11.0. The SMILES string of the molecule is COc1cc(/C=C\c2ccc(OC)c(OC)c2C/C=C\C(=O)c2cc(OC)c(OC)c(OC)c2Br)cc(OC)c1OC. The number of hydrogen-bond donors (Lipinski definition) is 0. The van der Waals surface area contributed by atoms with Crippen LogP contribution in [0.1, 0.15) is 27.0 Å². The van der Waals surface area contributed by atoms with Crippen molar-refractivity contribution >= 4 is 33.9 Å². The zero-order valence-electron chi connectivity index (χ0n) is 25.0. The standard InChI is InChI=1S/C32H35BrO9/c1-35-24-15-14-20(13-12-19-16-25(36-2)30(40-6)26(17-19)37-3)21(29(24)39-5)10-9-11-23(34)22-18-27(38-4)31(41-7)32(42-8)28(22)33/h9,11-18H,10H2,1-8H3/b11-9-,13-12-. The van der Waals surface area contributed by atoms with Crippen LogP contribution >= 0.6 is 15.9 Å². The van der Waals surface area contributed by atoms with E-state index in [2.05, 4.69) is 15.9 Å². The van der Waals surface area contributed by atoms with E-state index in [-0.39, 0.29) is 5.78 Å². The number of halogens is 1. The minimum atomic E-state index is -0.252. The molecule has 0 unspecified atom stereocenters. The molecule has 0 saturated carbocycles. The van der Waals surface area contributed by atoms with Gasteiger partial charge >= 0.3 is 0 Å². The van der Waals surface area contributed by atoms with Crippen LogP contribution in [-0.2, 0) is 6.42 Å². The third kappa shape index (κ3) is 6.76. The maximum atomic E-state index is 13.3. The highest BCUT2D eigenvalue weighted by Gasteiger charge is 2.22. The first-order chi connectivity index (χ1) is 20.3. The summed E-state index contributed by atoms with van der Waals surface area (Å²) in [4.78, 5) is 13.3. The maximum absolute atomic E-state index is 13.3. The topological polar surface area (TPSA) is 90.9 Å². The van der Waals surface area contributed by atoms with E-state index in [0.29, 0.717) is 62.5 Å². The van der Waals surface area contributed by atoms with E-state index in [0.717, 1.165) is 16.7 Å². The summed E-state index contributed by atoms with van der Waals surface area (Å²) in [6.45, 7) is 0. The van der Waals surface area contributed by atoms with Crippen LogP contribution in [-0.4, -0.2) is 62.7 Å². The molecule has 0 aliphatic heterocycles. The van der Waals surface area contributed by atoms with Gasteiger partial charge in [-0.05, 0) is 63.8 Å². The molecule has 10 heteroatoms. The van der Waals surface area contributed by atoms with Gasteiger partial charge in [0.2, 0.25) is 11.5 Å². The van der Waals surface area contributed by atoms with Crippen molar-refractivity contribution < 1.29 is 42.7 Å². The molecule has 3 aromatic carbocycles. The highest BCUT2D eigenvalue weighted by Crippen LogP contribution is 2.45. The fraction of sp³-hybridized carbons (Fsp3) is 0.281. The average Bonchev–Trinajstić information content (AvgIpc) is 3.02. The molecule has 0 heterocycles. The lowest BCUT2D eigenvalue weighted by Crippen LogP contribution is -2.03. The Balaban J connectivity index is 2.00. The monoisotopic (exact) mass is 642 g/mol. The van der Waals surface area contributed by atoms with Crippen molar-refractivity contribution in [3.8, 4) is 46.0 Å². The molecule has 9 nitrogen and oxygen atoms in total. The Kier molecular flexibility index (Phi) is 11.6. The maximum Gasteiger partial charge on any atom is 0.204 e. The lowest BCUT2D eigenvalue weighted by Gasteiger charge is -2.16. The molecule has 42 heavy (non-hydrogen) atoms. The molecule has 0 bridgehead atoms. The summed E-state index contributed by atoms with van der Waals surface area (Å²) < 4.78 is 44.4. The van der Waals surface area contributed by atoms with Crippen molar-refractivity contribution in [1.29, 1.82) is 0 Å². The van der Waals surface area contributed by atoms with Crippen molar-refractivity contribution in [1.82, 2.24) is 0 Å². The minimum Gasteiger partial charge on any atom is -0.493 e. The molecule has 0 saturated heterocycles. The van der Waals surface area contributed by atoms with Gasteiger partial charge in [-0.2, -0.15) is 0 Å². The fourth-order valence-corrected chi connectivity index (χ4v) is 5.08. The number of hydrogen-bond acceptors (Lipinski definition) is 9. The molecular formula is C32H35BrO9. The van der Waals surface area contributed by atoms with Gasteiger partial charge in [-0.3, -0.25) is 4.79 Å². The smallest absolute Gasteiger partial charge is 0.204 e. The summed E-state index contributed by atoms with van der Waals surface area (Å²) in [7, 11) is 12.4. The van der Waals surface area contributed by atoms with Crippen LogP contribution in [0.4, 0.5) is 0 Å². The molecule has 0 spiro atoms. The van der Waals surface area contributed by atoms with Gasteiger partial charge in [0.05, 0.1) is 61.4 Å². The molecule has 0 aliphatic rings. The van der Waals surface area contributed by atoms with Crippen molar-refractivity contribution in [2.75, 3.05) is 56.9 Å². The van der Waals surface area contributed by atoms with Gasteiger partial charge in [0.1, 0.15) is 0 Å². The zero-order valence-corrected chi connectivity index (χ0v) is 26.5. The third-order valence-electron chi connectivity index (χ3n) is 6.45. The van der Waals surface area contributed by atoms with Crippen LogP contribution in [0.5, 0.6) is 46.0 Å². The second kappa shape index (κ2) is 15.1. The summed E-state index contributed by atoms with van der Waals surface area (Å²) in [6.07, 6.45) is 7.52. The molecule has 0 atom stereocenters. The Labute approximate surface area is 254 Å². The van der Waals surface area contributed by atoms with Gasteiger partial charge < -0.3 is 37.9 Å². The second-order valence-electron chi connectivity index (χ2n) is 8.64. The van der Waals surface area contributed by atoms with E-state index in [4.69, 9.17) is 37.9 Å². The Hall–Kier alpha value is -4.31. The van der Waals surface area contributed by atoms with Crippen molar-refractivity contribution in [3.05, 3.63) is 69.2 Å². The van der Waals surface area contributed by atoms with Crippen molar-refractivity contribution in [2.24, 2.45) is 0 Å². The van der Waals surface area contributed by atoms with Crippen LogP contribution in [0.3, 0.4) is 0 Å². The first-order valence-corrected chi connectivity index (χ1v) is 13.5. The number of carbonyl (C=O) groups is 1. The molecule has 0 aromatic heterocycles. The molecule has 3 rings (SSSR count). The van der Waals surface area contributed by atoms with E-state index >= 15 is 0 Å². The van der Waals surface area contributed by atoms with Crippen LogP contribution in [0.25, 0.3) is 12.2 Å². The predicted octanol–water partition coefficient (Wildman–Crippen LogP) is 6.67. The average molecular weight is 644 g/mol. The van der Waals surface area contributed by atoms with E-state index in [1.165, 1.54) is 27.4 Å². The van der Waals surface area contributed by atoms with Crippen molar-refractivity contribution in [2.45, 2.75) is 6.42 Å². The van der Waals surface area contributed by atoms with Crippen LogP contribution in [0, 0.1) is 0 Å². The number of benzene rings is 3. The second-order valence-corrected chi connectivity index (χ2v) is 9.43. The number of methoxy groups -OCH3 is 8. The molecule has 0 aliphatic carbocycles. The Morgan fingerprint density at radius 2 is 1.19 bits per heavy atom. The van der Waals surface area contributed by atoms with Gasteiger partial charge in [0.25, 0.3) is 0 Å².